The summed E-state index contributed by atoms with van der Waals surface area (Å²) >= 11 is 0. The third-order valence-corrected chi connectivity index (χ3v) is 8.99. The molecule has 0 atom stereocenters. The molecule has 0 aliphatic carbocycles. The molecule has 1 aromatic heterocycles. The monoisotopic (exact) mass is 593 g/mol. The number of nitrogens with one attached hydrogen (secondary N) is 1. The molecule has 226 valence electrons. The van der Waals surface area contributed by atoms with Crippen LogP contribution < -0.4 is 10.3 Å². The second-order valence-electron chi connectivity index (χ2n) is 11.5. The fourth-order valence-electron chi connectivity index (χ4n) is 6.77. The highest BCUT2D eigenvalue weighted by Gasteiger charge is 2.35. The first-order chi connectivity index (χ1) is 20.8. The highest BCUT2D eigenvalue weighted by Crippen LogP contribution is 2.43. The number of carbonyl (C=O) groups excluding carboxylic acids is 1. The van der Waals surface area contributed by atoms with Crippen molar-refractivity contribution >= 4 is 35.2 Å². The molecule has 0 spiro atoms. The fourth-order valence-corrected chi connectivity index (χ4v) is 6.77. The van der Waals surface area contributed by atoms with Crippen molar-refractivity contribution in [3.63, 3.8) is 0 Å². The Morgan fingerprint density at radius 2 is 1.98 bits per heavy atom. The number of rotatable bonds is 5. The molecule has 0 bridgehead atoms. The van der Waals surface area contributed by atoms with Crippen LogP contribution in [0, 0.1) is 0 Å². The summed E-state index contributed by atoms with van der Waals surface area (Å²) in [7, 11) is 0. The molecule has 7 rings (SSSR count). The molecular formula is C30H33F2N7O4. The summed E-state index contributed by atoms with van der Waals surface area (Å²) in [4.78, 5) is 32.1. The van der Waals surface area contributed by atoms with Gasteiger partial charge in [0.05, 0.1) is 24.7 Å². The Labute approximate surface area is 247 Å². The third-order valence-electron chi connectivity index (χ3n) is 8.99. The van der Waals surface area contributed by atoms with Gasteiger partial charge in [0.25, 0.3) is 6.43 Å². The zero-order valence-electron chi connectivity index (χ0n) is 23.9. The van der Waals surface area contributed by atoms with E-state index in [9.17, 15) is 23.5 Å². The van der Waals surface area contributed by atoms with E-state index in [1.807, 2.05) is 11.0 Å². The van der Waals surface area contributed by atoms with Gasteiger partial charge in [0, 0.05) is 80.1 Å². The van der Waals surface area contributed by atoms with Gasteiger partial charge in [0.2, 0.25) is 5.91 Å². The zero-order chi connectivity index (χ0) is 29.8. The number of aliphatic carboxylic acids is 1. The van der Waals surface area contributed by atoms with Crippen LogP contribution in [0.5, 0.6) is 0 Å². The van der Waals surface area contributed by atoms with E-state index in [-0.39, 0.29) is 35.5 Å². The molecular weight excluding hydrogens is 560 g/mol. The molecule has 11 nitrogen and oxygen atoms in total. The second-order valence-corrected chi connectivity index (χ2v) is 11.5. The number of hydrogen-bond donors (Lipinski definition) is 2. The first-order valence-corrected chi connectivity index (χ1v) is 14.7. The smallest absolute Gasteiger partial charge is 0.336 e. The minimum Gasteiger partial charge on any atom is -0.478 e. The van der Waals surface area contributed by atoms with E-state index in [2.05, 4.69) is 20.0 Å². The van der Waals surface area contributed by atoms with Gasteiger partial charge in [0.15, 0.2) is 11.6 Å². The van der Waals surface area contributed by atoms with Crippen LogP contribution >= 0.6 is 0 Å². The lowest BCUT2D eigenvalue weighted by Gasteiger charge is -2.33. The number of aryl methyl sites for hydroxylation is 1. The molecule has 1 amide bonds. The Kier molecular flexibility index (Phi) is 7.01. The number of nitrogens with zero attached hydrogens (tertiary/aromatic N) is 6. The Bertz CT molecular complexity index is 1590. The first kappa shape index (κ1) is 27.7. The van der Waals surface area contributed by atoms with E-state index in [0.29, 0.717) is 62.5 Å². The van der Waals surface area contributed by atoms with Gasteiger partial charge in [-0.25, -0.2) is 24.0 Å². The van der Waals surface area contributed by atoms with Crippen molar-refractivity contribution in [3.8, 4) is 0 Å². The van der Waals surface area contributed by atoms with Gasteiger partial charge in [-0.1, -0.05) is 0 Å². The first-order valence-electron chi connectivity index (χ1n) is 14.7. The number of hydrogen-bond acceptors (Lipinski definition) is 8. The van der Waals surface area contributed by atoms with Crippen molar-refractivity contribution in [2.45, 2.75) is 58.0 Å². The number of ether oxygens (including phenoxy) is 1. The van der Waals surface area contributed by atoms with Crippen LogP contribution in [0.15, 0.2) is 34.7 Å². The molecule has 2 N–H and O–H groups in total. The summed E-state index contributed by atoms with van der Waals surface area (Å²) in [5.41, 5.74) is 7.49. The van der Waals surface area contributed by atoms with Crippen molar-refractivity contribution in [2.24, 2.45) is 4.99 Å². The number of carboxylic acids is 1. The number of fused-ring (bicyclic) bond motifs is 3. The van der Waals surface area contributed by atoms with E-state index >= 15 is 0 Å². The van der Waals surface area contributed by atoms with Gasteiger partial charge in [-0.3, -0.25) is 14.5 Å². The van der Waals surface area contributed by atoms with Crippen molar-refractivity contribution in [2.75, 3.05) is 37.7 Å². The van der Waals surface area contributed by atoms with Crippen molar-refractivity contribution < 1.29 is 28.2 Å². The van der Waals surface area contributed by atoms with Crippen LogP contribution in [-0.2, 0) is 33.7 Å². The normalized spacial score (nSPS) is 20.4. The number of carboxylic acid groups (broad SMARTS) is 1. The standard InChI is InChI=1S/C30H33F2N7O4/c1-17(40)36-8-4-25-24(16-36)29(35-39(25)20-5-9-43-10-6-20)37-7-2-3-18-11-21(22(27(31)32)12-26(18)37)19-13-33-28-23(30(41)42)14-34-38(28)15-19/h11-13,15,20,27,34H,2-10,14,16H2,1H3,(H,41,42). The molecule has 1 fully saturated rings. The quantitative estimate of drug-likeness (QED) is 0.540. The van der Waals surface area contributed by atoms with E-state index in [1.165, 1.54) is 11.2 Å². The molecule has 0 unspecified atom stereocenters. The maximum absolute atomic E-state index is 14.7. The maximum Gasteiger partial charge on any atom is 0.336 e. The Hall–Kier alpha value is -4.10. The molecule has 1 saturated heterocycles. The number of amides is 1. The molecule has 6 heterocycles. The van der Waals surface area contributed by atoms with Crippen LogP contribution in [0.25, 0.3) is 5.57 Å². The summed E-state index contributed by atoms with van der Waals surface area (Å²) in [6.45, 7) is 4.69. The van der Waals surface area contributed by atoms with Gasteiger partial charge in [0.1, 0.15) is 0 Å². The number of anilines is 2. The molecule has 13 heteroatoms. The minimum atomic E-state index is -2.75. The summed E-state index contributed by atoms with van der Waals surface area (Å²) < 4.78 is 37.1. The zero-order valence-corrected chi connectivity index (χ0v) is 23.9. The van der Waals surface area contributed by atoms with Crippen molar-refractivity contribution in [1.29, 1.82) is 0 Å². The summed E-state index contributed by atoms with van der Waals surface area (Å²) in [5.74, 6) is -0.0861. The summed E-state index contributed by atoms with van der Waals surface area (Å²) in [5, 5.41) is 16.1. The lowest BCUT2D eigenvalue weighted by Crippen LogP contribution is -2.36. The molecule has 43 heavy (non-hydrogen) atoms. The van der Waals surface area contributed by atoms with E-state index in [1.54, 1.807) is 19.2 Å². The maximum atomic E-state index is 14.7. The number of hydrazine groups is 1. The lowest BCUT2D eigenvalue weighted by molar-refractivity contribution is -0.132. The van der Waals surface area contributed by atoms with Crippen LogP contribution in [-0.4, -0.2) is 75.7 Å². The Morgan fingerprint density at radius 1 is 1.16 bits per heavy atom. The van der Waals surface area contributed by atoms with Gasteiger partial charge in [-0.15, -0.1) is 0 Å². The summed E-state index contributed by atoms with van der Waals surface area (Å²) in [6, 6.07) is 3.58. The highest BCUT2D eigenvalue weighted by molar-refractivity contribution is 6.12. The Balaban J connectivity index is 1.30. The van der Waals surface area contributed by atoms with E-state index in [4.69, 9.17) is 9.84 Å². The van der Waals surface area contributed by atoms with E-state index < -0.39 is 12.4 Å². The largest absolute Gasteiger partial charge is 0.478 e. The van der Waals surface area contributed by atoms with Gasteiger partial charge >= 0.3 is 5.97 Å². The molecule has 0 radical (unpaired) electrons. The fraction of sp³-hybridized carbons (Fsp3) is 0.467. The third kappa shape index (κ3) is 4.80. The predicted molar refractivity (Wildman–Crippen MR) is 154 cm³/mol. The minimum absolute atomic E-state index is 0.00230. The van der Waals surface area contributed by atoms with Gasteiger partial charge in [-0.2, -0.15) is 5.10 Å². The number of alkyl halides is 2. The van der Waals surface area contributed by atoms with Crippen molar-refractivity contribution in [3.05, 3.63) is 57.7 Å². The average Bonchev–Trinajstić information content (AvgIpc) is 3.62. The number of halogens is 2. The summed E-state index contributed by atoms with van der Waals surface area (Å²) in [6.07, 6.45) is 4.25. The highest BCUT2D eigenvalue weighted by atomic mass is 19.3. The predicted octanol–water partition coefficient (Wildman–Crippen LogP) is 3.70. The molecule has 5 aliphatic rings. The van der Waals surface area contributed by atoms with Crippen LogP contribution in [0.4, 0.5) is 20.3 Å². The van der Waals surface area contributed by atoms with Crippen LogP contribution in [0.3, 0.4) is 0 Å². The van der Waals surface area contributed by atoms with Crippen LogP contribution in [0.1, 0.15) is 66.6 Å². The van der Waals surface area contributed by atoms with E-state index in [0.717, 1.165) is 41.9 Å². The van der Waals surface area contributed by atoms with Crippen molar-refractivity contribution in [1.82, 2.24) is 25.1 Å². The Morgan fingerprint density at radius 3 is 2.72 bits per heavy atom. The van der Waals surface area contributed by atoms with Gasteiger partial charge in [-0.05, 0) is 48.9 Å². The molecule has 5 aliphatic heterocycles. The lowest BCUT2D eigenvalue weighted by atomic mass is 9.91. The SMILES string of the molecule is CC(=O)N1CCc2c(c(N3CCCc4cc(C5=CN6NCC(C(=O)O)=C6N=C5)c(C(F)F)cc43)nn2C2CCOCC2)C1. The number of aliphatic imine (C=N–C) groups is 1. The number of carbonyl (C=O) groups is 2. The second kappa shape index (κ2) is 10.9. The number of allylic oxidation sites excluding steroid dienone is 1. The number of aromatic nitrogens is 2. The van der Waals surface area contributed by atoms with Gasteiger partial charge < -0.3 is 19.6 Å². The molecule has 1 aromatic carbocycles. The number of benzene rings is 1. The molecule has 2 aromatic rings. The van der Waals surface area contributed by atoms with Crippen LogP contribution in [0.2, 0.25) is 0 Å². The average molecular weight is 594 g/mol. The molecule has 0 saturated carbocycles. The topological polar surface area (TPSA) is 116 Å².